The minimum Gasteiger partial charge on any atom is -0.352 e. The number of likely N-dealkylation sites (tertiary alicyclic amines) is 1. The van der Waals surface area contributed by atoms with Gasteiger partial charge in [-0.15, -0.1) is 0 Å². The summed E-state index contributed by atoms with van der Waals surface area (Å²) in [5, 5.41) is 4.02. The van der Waals surface area contributed by atoms with E-state index in [4.69, 9.17) is 28.9 Å². The van der Waals surface area contributed by atoms with Crippen molar-refractivity contribution < 1.29 is 14.4 Å². The predicted octanol–water partition coefficient (Wildman–Crippen LogP) is 3.98. The SMILES string of the molecule is N[C@H](Cc1ccc(Cl)c(Cl)c1)C(=O)N1CCC2(CC1)C(=O)N(CC(=O)NC1CCCCC1)CN2c1ccccc1. The molecule has 3 aliphatic rings. The van der Waals surface area contributed by atoms with Crippen molar-refractivity contribution in [3.8, 4) is 0 Å². The van der Waals surface area contributed by atoms with Gasteiger partial charge in [0.15, 0.2) is 0 Å². The smallest absolute Gasteiger partial charge is 0.250 e. The van der Waals surface area contributed by atoms with Crippen LogP contribution in [0.3, 0.4) is 0 Å². The lowest BCUT2D eigenvalue weighted by molar-refractivity contribution is -0.140. The van der Waals surface area contributed by atoms with Gasteiger partial charge in [-0.2, -0.15) is 0 Å². The number of piperidine rings is 1. The predicted molar refractivity (Wildman–Crippen MR) is 157 cm³/mol. The number of rotatable bonds is 7. The third-order valence-corrected chi connectivity index (χ3v) is 9.28. The highest BCUT2D eigenvalue weighted by molar-refractivity contribution is 6.42. The fraction of sp³-hybridized carbons (Fsp3) is 0.500. The molecule has 3 fully saturated rings. The maximum atomic E-state index is 14.0. The normalized spacial score (nSPS) is 20.2. The number of nitrogens with two attached hydrogens (primary N) is 1. The number of carbonyl (C=O) groups is 3. The molecule has 1 spiro atoms. The minimum atomic E-state index is -0.808. The van der Waals surface area contributed by atoms with E-state index in [0.717, 1.165) is 36.9 Å². The van der Waals surface area contributed by atoms with Crippen molar-refractivity contribution in [3.63, 3.8) is 0 Å². The second kappa shape index (κ2) is 12.4. The minimum absolute atomic E-state index is 0.0393. The number of benzene rings is 2. The number of halogens is 2. The molecule has 1 saturated carbocycles. The molecule has 2 aliphatic heterocycles. The highest BCUT2D eigenvalue weighted by Gasteiger charge is 2.54. The molecule has 0 aromatic heterocycles. The molecule has 3 N–H and O–H groups in total. The Kier molecular flexibility index (Phi) is 8.88. The number of para-hydroxylation sites is 1. The highest BCUT2D eigenvalue weighted by atomic mass is 35.5. The first-order valence-electron chi connectivity index (χ1n) is 14.2. The molecular formula is C30H37Cl2N5O3. The molecule has 40 heavy (non-hydrogen) atoms. The quantitative estimate of drug-likeness (QED) is 0.512. The van der Waals surface area contributed by atoms with E-state index in [9.17, 15) is 14.4 Å². The lowest BCUT2D eigenvalue weighted by Gasteiger charge is -2.43. The standard InChI is InChI=1S/C30H37Cl2N5O3/c31-24-12-11-21(17-25(24)32)18-26(33)28(39)35-15-13-30(14-16-35)29(40)36(20-37(30)23-9-5-2-6-10-23)19-27(38)34-22-7-3-1-4-8-22/h2,5-6,9-12,17,22,26H,1,3-4,7-8,13-16,18-20,33H2,(H,34,38)/t26-/m1/s1. The Morgan fingerprint density at radius 3 is 2.38 bits per heavy atom. The number of carbonyl (C=O) groups excluding carboxylic acids is 3. The average Bonchev–Trinajstić information content (AvgIpc) is 3.22. The summed E-state index contributed by atoms with van der Waals surface area (Å²) in [5.74, 6) is -0.310. The lowest BCUT2D eigenvalue weighted by Crippen LogP contribution is -2.59. The van der Waals surface area contributed by atoms with Crippen LogP contribution in [0, 0.1) is 0 Å². The second-order valence-corrected chi connectivity index (χ2v) is 12.0. The fourth-order valence-electron chi connectivity index (χ4n) is 6.36. The van der Waals surface area contributed by atoms with Gasteiger partial charge in [0.1, 0.15) is 12.1 Å². The van der Waals surface area contributed by atoms with E-state index >= 15 is 0 Å². The van der Waals surface area contributed by atoms with Crippen LogP contribution in [-0.2, 0) is 20.8 Å². The van der Waals surface area contributed by atoms with E-state index < -0.39 is 11.6 Å². The summed E-state index contributed by atoms with van der Waals surface area (Å²) in [6, 6.07) is 14.6. The Hall–Kier alpha value is -2.81. The van der Waals surface area contributed by atoms with Crippen LogP contribution in [0.5, 0.6) is 0 Å². The number of nitrogens with one attached hydrogen (secondary N) is 1. The van der Waals surface area contributed by atoms with Crippen LogP contribution in [0.15, 0.2) is 48.5 Å². The third-order valence-electron chi connectivity index (χ3n) is 8.55. The molecule has 8 nitrogen and oxygen atoms in total. The summed E-state index contributed by atoms with van der Waals surface area (Å²) in [5.41, 5.74) is 7.28. The average molecular weight is 587 g/mol. The maximum absolute atomic E-state index is 14.0. The number of amides is 3. The molecule has 10 heteroatoms. The van der Waals surface area contributed by atoms with Crippen molar-refractivity contribution in [3.05, 3.63) is 64.1 Å². The summed E-state index contributed by atoms with van der Waals surface area (Å²) < 4.78 is 0. The first-order chi connectivity index (χ1) is 19.3. The van der Waals surface area contributed by atoms with Gasteiger partial charge in [0.25, 0.3) is 5.91 Å². The van der Waals surface area contributed by atoms with Gasteiger partial charge in [-0.1, -0.05) is 66.7 Å². The van der Waals surface area contributed by atoms with Crippen LogP contribution in [0.1, 0.15) is 50.5 Å². The topological polar surface area (TPSA) is 99.0 Å². The Labute approximate surface area is 245 Å². The maximum Gasteiger partial charge on any atom is 0.250 e. The van der Waals surface area contributed by atoms with Crippen molar-refractivity contribution in [1.29, 1.82) is 0 Å². The van der Waals surface area contributed by atoms with Crippen molar-refractivity contribution in [2.45, 2.75) is 69.0 Å². The summed E-state index contributed by atoms with van der Waals surface area (Å²) in [6.45, 7) is 1.19. The molecule has 214 valence electrons. The molecule has 0 unspecified atom stereocenters. The second-order valence-electron chi connectivity index (χ2n) is 11.2. The zero-order valence-electron chi connectivity index (χ0n) is 22.7. The summed E-state index contributed by atoms with van der Waals surface area (Å²) in [4.78, 5) is 45.7. The van der Waals surface area contributed by atoms with E-state index in [1.807, 2.05) is 36.4 Å². The van der Waals surface area contributed by atoms with Crippen LogP contribution >= 0.6 is 23.2 Å². The molecule has 2 aromatic rings. The van der Waals surface area contributed by atoms with Gasteiger partial charge in [-0.05, 0) is 61.9 Å². The van der Waals surface area contributed by atoms with Gasteiger partial charge in [-0.25, -0.2) is 0 Å². The molecule has 5 rings (SSSR count). The van der Waals surface area contributed by atoms with Crippen molar-refractivity contribution in [2.24, 2.45) is 5.73 Å². The van der Waals surface area contributed by atoms with Crippen LogP contribution < -0.4 is 16.0 Å². The fourth-order valence-corrected chi connectivity index (χ4v) is 6.68. The van der Waals surface area contributed by atoms with Crippen molar-refractivity contribution >= 4 is 46.6 Å². The van der Waals surface area contributed by atoms with Gasteiger partial charge in [0, 0.05) is 24.8 Å². The summed E-state index contributed by atoms with van der Waals surface area (Å²) >= 11 is 12.1. The van der Waals surface area contributed by atoms with Gasteiger partial charge in [-0.3, -0.25) is 14.4 Å². The van der Waals surface area contributed by atoms with Gasteiger partial charge >= 0.3 is 0 Å². The summed E-state index contributed by atoms with van der Waals surface area (Å²) in [6.07, 6.45) is 6.74. The van der Waals surface area contributed by atoms with Crippen LogP contribution in [0.4, 0.5) is 5.69 Å². The number of anilines is 1. The molecule has 2 saturated heterocycles. The van der Waals surface area contributed by atoms with Crippen molar-refractivity contribution in [1.82, 2.24) is 15.1 Å². The van der Waals surface area contributed by atoms with E-state index in [1.54, 1.807) is 21.9 Å². The van der Waals surface area contributed by atoms with E-state index in [1.165, 1.54) is 6.42 Å². The number of hydrogen-bond acceptors (Lipinski definition) is 5. The van der Waals surface area contributed by atoms with E-state index in [2.05, 4.69) is 10.2 Å². The summed E-state index contributed by atoms with van der Waals surface area (Å²) in [7, 11) is 0. The van der Waals surface area contributed by atoms with Crippen LogP contribution in [0.2, 0.25) is 10.0 Å². The molecule has 1 atom stereocenters. The first-order valence-corrected chi connectivity index (χ1v) is 14.9. The largest absolute Gasteiger partial charge is 0.352 e. The van der Waals surface area contributed by atoms with Crippen LogP contribution in [-0.4, -0.2) is 71.4 Å². The Bertz CT molecular complexity index is 1230. The number of nitrogens with zero attached hydrogens (tertiary/aromatic N) is 3. The molecule has 0 radical (unpaired) electrons. The molecule has 0 bridgehead atoms. The zero-order valence-corrected chi connectivity index (χ0v) is 24.2. The highest BCUT2D eigenvalue weighted by Crippen LogP contribution is 2.39. The van der Waals surface area contributed by atoms with Gasteiger partial charge in [0.05, 0.1) is 22.8 Å². The molecule has 2 heterocycles. The Balaban J connectivity index is 1.26. The molecular weight excluding hydrogens is 549 g/mol. The Morgan fingerprint density at radius 2 is 1.70 bits per heavy atom. The van der Waals surface area contributed by atoms with E-state index in [-0.39, 0.29) is 30.3 Å². The molecule has 2 aromatic carbocycles. The molecule has 3 amide bonds. The lowest BCUT2D eigenvalue weighted by atomic mass is 9.85. The monoisotopic (exact) mass is 585 g/mol. The van der Waals surface area contributed by atoms with Crippen LogP contribution in [0.25, 0.3) is 0 Å². The third kappa shape index (κ3) is 6.09. The van der Waals surface area contributed by atoms with Gasteiger partial charge < -0.3 is 25.8 Å². The van der Waals surface area contributed by atoms with Gasteiger partial charge in [0.2, 0.25) is 11.8 Å². The van der Waals surface area contributed by atoms with Crippen molar-refractivity contribution in [2.75, 3.05) is 31.2 Å². The Morgan fingerprint density at radius 1 is 1.00 bits per heavy atom. The number of hydrogen-bond donors (Lipinski definition) is 2. The van der Waals surface area contributed by atoms with E-state index in [0.29, 0.717) is 49.1 Å². The first kappa shape index (κ1) is 28.7. The zero-order chi connectivity index (χ0) is 28.3. The molecule has 1 aliphatic carbocycles.